The number of nitrogens with zero attached hydrogens (tertiary/aromatic N) is 3. The average molecular weight is 461 g/mol. The number of hydrogen-bond donors (Lipinski definition) is 1. The van der Waals surface area contributed by atoms with Crippen LogP contribution in [-0.2, 0) is 4.79 Å². The van der Waals surface area contributed by atoms with Gasteiger partial charge in [0.05, 0.1) is 24.9 Å². The van der Waals surface area contributed by atoms with Gasteiger partial charge in [-0.15, -0.1) is 0 Å². The first kappa shape index (κ1) is 21.9. The summed E-state index contributed by atoms with van der Waals surface area (Å²) in [5.74, 6) is 0.835. The van der Waals surface area contributed by atoms with Crippen LogP contribution < -0.4 is 19.7 Å². The zero-order chi connectivity index (χ0) is 22.7. The first-order valence-electron chi connectivity index (χ1n) is 10.1. The van der Waals surface area contributed by atoms with Crippen LogP contribution in [0.15, 0.2) is 40.9 Å². The fourth-order valence-electron chi connectivity index (χ4n) is 3.60. The number of rotatable bonds is 6. The zero-order valence-electron chi connectivity index (χ0n) is 17.6. The summed E-state index contributed by atoms with van der Waals surface area (Å²) >= 11 is 6.00. The second-order valence-electron chi connectivity index (χ2n) is 7.35. The largest absolute Gasteiger partial charge is 0.493 e. The molecule has 1 amide bonds. The van der Waals surface area contributed by atoms with Crippen LogP contribution in [0.2, 0.25) is 5.02 Å². The molecule has 0 radical (unpaired) electrons. The average Bonchev–Trinajstić information content (AvgIpc) is 3.31. The van der Waals surface area contributed by atoms with E-state index in [2.05, 4.69) is 15.5 Å². The summed E-state index contributed by atoms with van der Waals surface area (Å²) in [5, 5.41) is 7.02. The topological polar surface area (TPSA) is 89.7 Å². The third-order valence-corrected chi connectivity index (χ3v) is 5.70. The predicted molar refractivity (Wildman–Crippen MR) is 118 cm³/mol. The molecule has 1 aromatic heterocycles. The van der Waals surface area contributed by atoms with Gasteiger partial charge in [0, 0.05) is 24.6 Å². The lowest BCUT2D eigenvalue weighted by Crippen LogP contribution is -2.38. The molecule has 1 aliphatic heterocycles. The molecule has 0 atom stereocenters. The van der Waals surface area contributed by atoms with Crippen molar-refractivity contribution in [3.63, 3.8) is 0 Å². The summed E-state index contributed by atoms with van der Waals surface area (Å²) in [4.78, 5) is 19.0. The van der Waals surface area contributed by atoms with Gasteiger partial charge in [0.15, 0.2) is 11.5 Å². The van der Waals surface area contributed by atoms with Gasteiger partial charge in [-0.3, -0.25) is 4.79 Å². The van der Waals surface area contributed by atoms with Crippen molar-refractivity contribution in [3.05, 3.63) is 47.2 Å². The number of ether oxygens (including phenoxy) is 2. The van der Waals surface area contributed by atoms with Crippen LogP contribution in [0.3, 0.4) is 0 Å². The van der Waals surface area contributed by atoms with Gasteiger partial charge in [0.2, 0.25) is 11.7 Å². The van der Waals surface area contributed by atoms with E-state index >= 15 is 0 Å². The molecule has 0 bridgehead atoms. The fourth-order valence-corrected chi connectivity index (χ4v) is 3.81. The van der Waals surface area contributed by atoms with Crippen molar-refractivity contribution in [2.24, 2.45) is 5.92 Å². The molecule has 1 fully saturated rings. The van der Waals surface area contributed by atoms with E-state index in [0.29, 0.717) is 55.0 Å². The Morgan fingerprint density at radius 2 is 1.91 bits per heavy atom. The summed E-state index contributed by atoms with van der Waals surface area (Å²) in [5.41, 5.74) is 1.14. The van der Waals surface area contributed by atoms with E-state index < -0.39 is 5.82 Å². The molecule has 8 nitrogen and oxygen atoms in total. The molecule has 0 spiro atoms. The summed E-state index contributed by atoms with van der Waals surface area (Å²) < 4.78 is 29.2. The summed E-state index contributed by atoms with van der Waals surface area (Å²) in [7, 11) is 3.13. The molecule has 32 heavy (non-hydrogen) atoms. The minimum absolute atomic E-state index is 0.144. The smallest absolute Gasteiger partial charge is 0.324 e. The minimum Gasteiger partial charge on any atom is -0.493 e. The SMILES string of the molecule is COc1ccc(-c2noc(N3CCC(C(=O)Nc4ccc(F)cc4Cl)CC3)n2)cc1OC. The van der Waals surface area contributed by atoms with Crippen molar-refractivity contribution in [1.29, 1.82) is 0 Å². The predicted octanol–water partition coefficient (Wildman–Crippen LogP) is 4.40. The van der Waals surface area contributed by atoms with Crippen molar-refractivity contribution in [3.8, 4) is 22.9 Å². The Labute approximate surface area is 189 Å². The Balaban J connectivity index is 1.38. The summed E-state index contributed by atoms with van der Waals surface area (Å²) in [6.45, 7) is 1.17. The third kappa shape index (κ3) is 4.62. The number of hydrogen-bond acceptors (Lipinski definition) is 7. The number of aromatic nitrogens is 2. The van der Waals surface area contributed by atoms with Crippen molar-refractivity contribution in [2.45, 2.75) is 12.8 Å². The van der Waals surface area contributed by atoms with E-state index in [1.165, 1.54) is 18.2 Å². The van der Waals surface area contributed by atoms with Crippen LogP contribution in [0, 0.1) is 11.7 Å². The first-order chi connectivity index (χ1) is 15.5. The number of amides is 1. The number of methoxy groups -OCH3 is 2. The maximum Gasteiger partial charge on any atom is 0.324 e. The van der Waals surface area contributed by atoms with Crippen LogP contribution in [0.5, 0.6) is 11.5 Å². The van der Waals surface area contributed by atoms with Crippen LogP contribution in [0.1, 0.15) is 12.8 Å². The molecule has 168 valence electrons. The lowest BCUT2D eigenvalue weighted by molar-refractivity contribution is -0.120. The highest BCUT2D eigenvalue weighted by Gasteiger charge is 2.28. The number of carbonyl (C=O) groups excluding carboxylic acids is 1. The minimum atomic E-state index is -0.451. The Morgan fingerprint density at radius 1 is 1.16 bits per heavy atom. The van der Waals surface area contributed by atoms with Crippen LogP contribution in [-0.4, -0.2) is 43.4 Å². The third-order valence-electron chi connectivity index (χ3n) is 5.38. The summed E-state index contributed by atoms with van der Waals surface area (Å²) in [6, 6.07) is 9.68. The highest BCUT2D eigenvalue weighted by atomic mass is 35.5. The quantitative estimate of drug-likeness (QED) is 0.583. The molecule has 2 heterocycles. The van der Waals surface area contributed by atoms with E-state index in [1.54, 1.807) is 26.4 Å². The molecule has 0 unspecified atom stereocenters. The number of anilines is 2. The van der Waals surface area contributed by atoms with Crippen LogP contribution in [0.25, 0.3) is 11.4 Å². The van der Waals surface area contributed by atoms with E-state index in [9.17, 15) is 9.18 Å². The van der Waals surface area contributed by atoms with Gasteiger partial charge in [-0.1, -0.05) is 16.8 Å². The second kappa shape index (κ2) is 9.44. The molecule has 1 N–H and O–H groups in total. The normalized spacial score (nSPS) is 14.3. The Kier molecular flexibility index (Phi) is 6.45. The lowest BCUT2D eigenvalue weighted by atomic mass is 9.96. The molecule has 2 aromatic carbocycles. The second-order valence-corrected chi connectivity index (χ2v) is 7.75. The fraction of sp³-hybridized carbons (Fsp3) is 0.318. The maximum absolute atomic E-state index is 13.2. The molecular weight excluding hydrogens is 439 g/mol. The molecule has 4 rings (SSSR count). The number of benzene rings is 2. The van der Waals surface area contributed by atoms with Gasteiger partial charge in [0.25, 0.3) is 0 Å². The Morgan fingerprint density at radius 3 is 2.59 bits per heavy atom. The Hall–Kier alpha value is -3.33. The highest BCUT2D eigenvalue weighted by molar-refractivity contribution is 6.33. The molecule has 3 aromatic rings. The molecule has 1 aliphatic rings. The number of carbonyl (C=O) groups is 1. The standard InChI is InChI=1S/C22H22ClFN4O4/c1-30-18-6-3-14(11-19(18)31-2)20-26-22(32-27-20)28-9-7-13(8-10-28)21(29)25-17-5-4-15(24)12-16(17)23/h3-6,11-13H,7-10H2,1-2H3,(H,25,29). The van der Waals surface area contributed by atoms with Crippen molar-refractivity contribution >= 4 is 29.2 Å². The molecule has 1 saturated heterocycles. The van der Waals surface area contributed by atoms with E-state index in [0.717, 1.165) is 5.56 Å². The van der Waals surface area contributed by atoms with Crippen molar-refractivity contribution in [1.82, 2.24) is 10.1 Å². The van der Waals surface area contributed by atoms with Crippen LogP contribution in [0.4, 0.5) is 16.1 Å². The zero-order valence-corrected chi connectivity index (χ0v) is 18.4. The highest BCUT2D eigenvalue weighted by Crippen LogP contribution is 2.32. The van der Waals surface area contributed by atoms with Gasteiger partial charge in [0.1, 0.15) is 5.82 Å². The first-order valence-corrected chi connectivity index (χ1v) is 10.4. The van der Waals surface area contributed by atoms with Crippen molar-refractivity contribution in [2.75, 3.05) is 37.5 Å². The van der Waals surface area contributed by atoms with E-state index in [4.69, 9.17) is 25.6 Å². The maximum atomic E-state index is 13.2. The number of nitrogens with one attached hydrogen (secondary N) is 1. The Bertz CT molecular complexity index is 1120. The van der Waals surface area contributed by atoms with Crippen molar-refractivity contribution < 1.29 is 23.2 Å². The van der Waals surface area contributed by atoms with E-state index in [-0.39, 0.29) is 16.8 Å². The van der Waals surface area contributed by atoms with Crippen LogP contribution >= 0.6 is 11.6 Å². The van der Waals surface area contributed by atoms with Gasteiger partial charge >= 0.3 is 6.01 Å². The molecule has 0 saturated carbocycles. The van der Waals surface area contributed by atoms with Gasteiger partial charge in [-0.25, -0.2) is 4.39 Å². The molecule has 0 aliphatic carbocycles. The molecule has 10 heteroatoms. The molecular formula is C22H22ClFN4O4. The van der Waals surface area contributed by atoms with E-state index in [1.807, 2.05) is 11.0 Å². The van der Waals surface area contributed by atoms with Gasteiger partial charge in [-0.05, 0) is 49.2 Å². The monoisotopic (exact) mass is 460 g/mol. The van der Waals surface area contributed by atoms with Gasteiger partial charge in [-0.2, -0.15) is 4.98 Å². The summed E-state index contributed by atoms with van der Waals surface area (Å²) in [6.07, 6.45) is 1.22. The van der Waals surface area contributed by atoms with Gasteiger partial charge < -0.3 is 24.2 Å². The lowest BCUT2D eigenvalue weighted by Gasteiger charge is -2.29. The number of piperidine rings is 1. The number of halogens is 2.